The van der Waals surface area contributed by atoms with Gasteiger partial charge in [0.1, 0.15) is 11.6 Å². The van der Waals surface area contributed by atoms with E-state index in [1.54, 1.807) is 0 Å². The molecule has 1 aromatic heterocycles. The fraction of sp³-hybridized carbons (Fsp3) is 0. The molecule has 0 bridgehead atoms. The van der Waals surface area contributed by atoms with Gasteiger partial charge in [-0.15, -0.1) is 0 Å². The summed E-state index contributed by atoms with van der Waals surface area (Å²) in [6, 6.07) is 10.6. The maximum atomic E-state index is 13.7. The number of hydrazone groups is 2. The molecule has 2 N–H and O–H groups in total. The van der Waals surface area contributed by atoms with Crippen LogP contribution in [0.4, 0.5) is 8.78 Å². The molecule has 3 rings (SSSR count). The molecule has 2 amide bonds. The standard InChI is InChI=1S/C20H12Cl2F2N4O3/c21-13-3-1-5-15(23)11(13)9-25-27-19(29)17-7-8-18(31-17)20(30)28-26-10-12-14(22)4-2-6-16(12)24/h1-10H,(H,27,29)(H,28,30). The van der Waals surface area contributed by atoms with Crippen LogP contribution < -0.4 is 10.9 Å². The fourth-order valence-electron chi connectivity index (χ4n) is 2.27. The van der Waals surface area contributed by atoms with Crippen molar-refractivity contribution in [2.24, 2.45) is 10.2 Å². The second-order valence-electron chi connectivity index (χ2n) is 5.83. The Morgan fingerprint density at radius 1 is 0.774 bits per heavy atom. The van der Waals surface area contributed by atoms with E-state index in [0.717, 1.165) is 12.4 Å². The number of halogens is 4. The highest BCUT2D eigenvalue weighted by Crippen LogP contribution is 2.17. The normalized spacial score (nSPS) is 11.2. The van der Waals surface area contributed by atoms with E-state index in [1.165, 1.54) is 48.5 Å². The number of carbonyl (C=O) groups excluding carboxylic acids is 2. The predicted molar refractivity (Wildman–Crippen MR) is 112 cm³/mol. The average Bonchev–Trinajstić information content (AvgIpc) is 3.23. The van der Waals surface area contributed by atoms with Crippen molar-refractivity contribution in [1.29, 1.82) is 0 Å². The molecule has 2 aromatic carbocycles. The molecular weight excluding hydrogens is 453 g/mol. The Morgan fingerprint density at radius 2 is 1.19 bits per heavy atom. The van der Waals surface area contributed by atoms with E-state index in [-0.39, 0.29) is 32.7 Å². The molecule has 0 fully saturated rings. The van der Waals surface area contributed by atoms with Crippen molar-refractivity contribution in [3.63, 3.8) is 0 Å². The van der Waals surface area contributed by atoms with E-state index in [2.05, 4.69) is 21.1 Å². The number of carbonyl (C=O) groups is 2. The summed E-state index contributed by atoms with van der Waals surface area (Å²) in [5, 5.41) is 7.46. The molecule has 0 unspecified atom stereocenters. The summed E-state index contributed by atoms with van der Waals surface area (Å²) in [5.41, 5.74) is 4.24. The number of rotatable bonds is 6. The van der Waals surface area contributed by atoms with Crippen LogP contribution in [0.15, 0.2) is 63.2 Å². The van der Waals surface area contributed by atoms with Crippen LogP contribution in [-0.2, 0) is 0 Å². The van der Waals surface area contributed by atoms with Crippen molar-refractivity contribution in [3.8, 4) is 0 Å². The third kappa shape index (κ3) is 5.53. The van der Waals surface area contributed by atoms with Crippen LogP contribution in [0, 0.1) is 11.6 Å². The highest BCUT2D eigenvalue weighted by molar-refractivity contribution is 6.33. The Kier molecular flexibility index (Phi) is 7.11. The first-order valence-corrected chi connectivity index (χ1v) is 9.27. The lowest BCUT2D eigenvalue weighted by Gasteiger charge is -2.00. The van der Waals surface area contributed by atoms with Gasteiger partial charge in [0, 0.05) is 11.1 Å². The largest absolute Gasteiger partial charge is 0.446 e. The van der Waals surface area contributed by atoms with Crippen LogP contribution in [0.1, 0.15) is 32.2 Å². The van der Waals surface area contributed by atoms with E-state index in [0.29, 0.717) is 0 Å². The number of amides is 2. The second kappa shape index (κ2) is 9.96. The van der Waals surface area contributed by atoms with E-state index in [4.69, 9.17) is 27.6 Å². The Labute approximate surface area is 184 Å². The Morgan fingerprint density at radius 3 is 1.58 bits per heavy atom. The third-order valence-electron chi connectivity index (χ3n) is 3.77. The number of nitrogens with zero attached hydrogens (tertiary/aromatic N) is 2. The summed E-state index contributed by atoms with van der Waals surface area (Å²) >= 11 is 11.7. The zero-order valence-corrected chi connectivity index (χ0v) is 16.9. The predicted octanol–water partition coefficient (Wildman–Crippen LogP) is 4.39. The van der Waals surface area contributed by atoms with Crippen molar-refractivity contribution in [2.45, 2.75) is 0 Å². The van der Waals surface area contributed by atoms with Gasteiger partial charge in [0.25, 0.3) is 0 Å². The van der Waals surface area contributed by atoms with Gasteiger partial charge in [-0.25, -0.2) is 19.6 Å². The molecule has 0 saturated carbocycles. The van der Waals surface area contributed by atoms with Crippen LogP contribution >= 0.6 is 23.2 Å². The Hall–Kier alpha value is -3.56. The summed E-state index contributed by atoms with van der Waals surface area (Å²) in [6.07, 6.45) is 2.07. The van der Waals surface area contributed by atoms with Gasteiger partial charge in [0.15, 0.2) is 11.5 Å². The third-order valence-corrected chi connectivity index (χ3v) is 4.43. The minimum Gasteiger partial charge on any atom is -0.446 e. The smallest absolute Gasteiger partial charge is 0.307 e. The first-order chi connectivity index (χ1) is 14.9. The van der Waals surface area contributed by atoms with Crippen LogP contribution in [0.25, 0.3) is 0 Å². The molecule has 0 radical (unpaired) electrons. The van der Waals surface area contributed by atoms with Crippen molar-refractivity contribution >= 4 is 47.4 Å². The molecule has 0 saturated heterocycles. The summed E-state index contributed by atoms with van der Waals surface area (Å²) < 4.78 is 32.4. The minimum atomic E-state index is -0.788. The quantitative estimate of drug-likeness (QED) is 0.418. The molecule has 0 atom stereocenters. The number of furan rings is 1. The van der Waals surface area contributed by atoms with E-state index in [1.807, 2.05) is 0 Å². The van der Waals surface area contributed by atoms with Crippen LogP contribution in [0.3, 0.4) is 0 Å². The van der Waals surface area contributed by atoms with E-state index in [9.17, 15) is 18.4 Å². The topological polar surface area (TPSA) is 96.1 Å². The molecule has 3 aromatic rings. The maximum Gasteiger partial charge on any atom is 0.307 e. The van der Waals surface area contributed by atoms with Gasteiger partial charge >= 0.3 is 11.8 Å². The van der Waals surface area contributed by atoms with Crippen molar-refractivity contribution < 1.29 is 22.8 Å². The molecule has 0 spiro atoms. The number of benzene rings is 2. The number of hydrogen-bond acceptors (Lipinski definition) is 5. The lowest BCUT2D eigenvalue weighted by molar-refractivity contribution is 0.0902. The Balaban J connectivity index is 1.60. The van der Waals surface area contributed by atoms with Crippen LogP contribution in [-0.4, -0.2) is 24.2 Å². The van der Waals surface area contributed by atoms with Gasteiger partial charge in [-0.05, 0) is 36.4 Å². The average molecular weight is 465 g/mol. The van der Waals surface area contributed by atoms with E-state index < -0.39 is 23.4 Å². The summed E-state index contributed by atoms with van der Waals surface area (Å²) in [6.45, 7) is 0. The molecule has 0 aliphatic heterocycles. The van der Waals surface area contributed by atoms with Crippen molar-refractivity contribution in [3.05, 3.63) is 92.9 Å². The molecule has 0 aliphatic carbocycles. The van der Waals surface area contributed by atoms with Gasteiger partial charge in [0.05, 0.1) is 22.5 Å². The number of hydrogen-bond donors (Lipinski definition) is 2. The first-order valence-electron chi connectivity index (χ1n) is 8.51. The summed E-state index contributed by atoms with van der Waals surface area (Å²) in [4.78, 5) is 24.1. The molecule has 158 valence electrons. The molecule has 11 heteroatoms. The lowest BCUT2D eigenvalue weighted by Crippen LogP contribution is -2.18. The van der Waals surface area contributed by atoms with Gasteiger partial charge in [-0.1, -0.05) is 35.3 Å². The monoisotopic (exact) mass is 464 g/mol. The van der Waals surface area contributed by atoms with Gasteiger partial charge in [-0.3, -0.25) is 9.59 Å². The molecule has 1 heterocycles. The molecule has 0 aliphatic rings. The zero-order valence-electron chi connectivity index (χ0n) is 15.4. The zero-order chi connectivity index (χ0) is 22.4. The van der Waals surface area contributed by atoms with Crippen molar-refractivity contribution in [1.82, 2.24) is 10.9 Å². The summed E-state index contributed by atoms with van der Waals surface area (Å²) in [5.74, 6) is -3.26. The molecular formula is C20H12Cl2F2N4O3. The van der Waals surface area contributed by atoms with E-state index >= 15 is 0 Å². The highest BCUT2D eigenvalue weighted by Gasteiger charge is 2.15. The second-order valence-corrected chi connectivity index (χ2v) is 6.65. The van der Waals surface area contributed by atoms with Crippen molar-refractivity contribution in [2.75, 3.05) is 0 Å². The first kappa shape index (κ1) is 22.1. The summed E-state index contributed by atoms with van der Waals surface area (Å²) in [7, 11) is 0. The maximum absolute atomic E-state index is 13.7. The molecule has 31 heavy (non-hydrogen) atoms. The van der Waals surface area contributed by atoms with Gasteiger partial charge in [-0.2, -0.15) is 10.2 Å². The SMILES string of the molecule is O=C(NN=Cc1c(F)cccc1Cl)c1ccc(C(=O)NN=Cc2c(F)cccc2Cl)o1. The highest BCUT2D eigenvalue weighted by atomic mass is 35.5. The van der Waals surface area contributed by atoms with Gasteiger partial charge in [0.2, 0.25) is 0 Å². The minimum absolute atomic E-state index is 0.00297. The fourth-order valence-corrected chi connectivity index (χ4v) is 2.69. The Bertz CT molecular complexity index is 1060. The van der Waals surface area contributed by atoms with Crippen LogP contribution in [0.5, 0.6) is 0 Å². The van der Waals surface area contributed by atoms with Crippen LogP contribution in [0.2, 0.25) is 10.0 Å². The number of nitrogens with one attached hydrogen (secondary N) is 2. The van der Waals surface area contributed by atoms with Gasteiger partial charge < -0.3 is 4.42 Å². The lowest BCUT2D eigenvalue weighted by atomic mass is 10.2. The molecule has 7 nitrogen and oxygen atoms in total.